The van der Waals surface area contributed by atoms with E-state index in [1.165, 1.54) is 10.1 Å². The van der Waals surface area contributed by atoms with E-state index in [1.54, 1.807) is 0 Å². The van der Waals surface area contributed by atoms with Crippen LogP contribution in [-0.2, 0) is 34.1 Å². The van der Waals surface area contributed by atoms with E-state index >= 15 is 0 Å². The van der Waals surface area contributed by atoms with Crippen LogP contribution in [0.4, 0.5) is 4.79 Å². The largest absolute Gasteiger partial charge is 0.394 e. The number of ether oxygens (including phenoxy) is 5. The van der Waals surface area contributed by atoms with Crippen molar-refractivity contribution in [1.82, 2.24) is 20.3 Å². The van der Waals surface area contributed by atoms with Gasteiger partial charge in [0, 0.05) is 71.5 Å². The second-order valence-corrected chi connectivity index (χ2v) is 14.1. The average molecular weight is 625 g/mol. The predicted octanol–water partition coefficient (Wildman–Crippen LogP) is 1.82. The van der Waals surface area contributed by atoms with Crippen LogP contribution in [0.5, 0.6) is 0 Å². The van der Waals surface area contributed by atoms with Crippen molar-refractivity contribution in [3.63, 3.8) is 0 Å². The fourth-order valence-corrected chi connectivity index (χ4v) is 9.27. The zero-order valence-electron chi connectivity index (χ0n) is 26.2. The minimum Gasteiger partial charge on any atom is -0.394 e. The second-order valence-electron chi connectivity index (χ2n) is 14.1. The molecule has 6 aliphatic heterocycles. The van der Waals surface area contributed by atoms with Crippen molar-refractivity contribution in [2.75, 3.05) is 79.2 Å². The molecule has 6 aliphatic rings. The Morgan fingerprint density at radius 3 is 1.45 bits per heavy atom. The van der Waals surface area contributed by atoms with E-state index in [0.717, 1.165) is 0 Å². The molecule has 0 aliphatic carbocycles. The fourth-order valence-electron chi connectivity index (χ4n) is 9.27. The molecule has 250 valence electrons. The number of nitrogens with one attached hydrogen (secondary N) is 1. The van der Waals surface area contributed by atoms with Gasteiger partial charge in [-0.2, -0.15) is 0 Å². The highest BCUT2D eigenvalue weighted by Crippen LogP contribution is 2.50. The zero-order chi connectivity index (χ0) is 30.7. The van der Waals surface area contributed by atoms with Gasteiger partial charge in [0.05, 0.1) is 42.0 Å². The summed E-state index contributed by atoms with van der Waals surface area (Å²) in [6, 6.07) is -0.499. The molecule has 0 saturated carbocycles. The van der Waals surface area contributed by atoms with Gasteiger partial charge in [-0.1, -0.05) is 0 Å². The molecule has 2 amide bonds. The quantitative estimate of drug-likeness (QED) is 0.405. The zero-order valence-corrected chi connectivity index (χ0v) is 26.2. The highest BCUT2D eigenvalue weighted by Gasteiger charge is 2.59. The maximum Gasteiger partial charge on any atom is 0.317 e. The minimum atomic E-state index is -0.588. The lowest BCUT2D eigenvalue weighted by Crippen LogP contribution is -2.71. The molecule has 13 heteroatoms. The van der Waals surface area contributed by atoms with Crippen LogP contribution < -0.4 is 5.32 Å². The number of hydrogen-bond donors (Lipinski definition) is 2. The first-order valence-electron chi connectivity index (χ1n) is 16.9. The number of aliphatic hydroxyl groups excluding tert-OH is 1. The van der Waals surface area contributed by atoms with Gasteiger partial charge in [-0.15, -0.1) is 20.5 Å². The third-order valence-electron chi connectivity index (χ3n) is 11.6. The molecule has 0 bridgehead atoms. The number of aliphatic hydroxyl groups is 1. The molecule has 0 atom stereocenters. The van der Waals surface area contributed by atoms with Crippen LogP contribution >= 0.6 is 0 Å². The molecule has 0 unspecified atom stereocenters. The van der Waals surface area contributed by atoms with Crippen molar-refractivity contribution in [2.24, 2.45) is 0 Å². The Bertz CT molecular complexity index is 892. The minimum absolute atomic E-state index is 0.0850. The normalized spacial score (nSPS) is 31.8. The summed E-state index contributed by atoms with van der Waals surface area (Å²) in [5.41, 5.74) is -2.30. The van der Waals surface area contributed by atoms with Gasteiger partial charge in [0.2, 0.25) is 0 Å². The van der Waals surface area contributed by atoms with Crippen LogP contribution in [0.3, 0.4) is 0 Å². The Labute approximate surface area is 261 Å². The number of carbonyl (C=O) groups excluding carboxylic acids is 1. The van der Waals surface area contributed by atoms with Crippen molar-refractivity contribution in [2.45, 2.75) is 111 Å². The summed E-state index contributed by atoms with van der Waals surface area (Å²) in [5.74, 6) is 0. The predicted molar refractivity (Wildman–Crippen MR) is 155 cm³/mol. The van der Waals surface area contributed by atoms with Crippen LogP contribution in [0.25, 0.3) is 0 Å². The lowest BCUT2D eigenvalue weighted by atomic mass is 9.69. The summed E-state index contributed by atoms with van der Waals surface area (Å²) < 4.78 is 28.4. The number of carbonyl (C=O) groups is 1. The molecule has 4 spiro atoms. The topological polar surface area (TPSA) is 145 Å². The van der Waals surface area contributed by atoms with Crippen molar-refractivity contribution in [3.8, 4) is 0 Å². The molecule has 2 N–H and O–H groups in total. The van der Waals surface area contributed by atoms with Gasteiger partial charge in [-0.05, 0) is 77.0 Å². The lowest BCUT2D eigenvalue weighted by molar-refractivity contribution is -0.333. The third kappa shape index (κ3) is 6.39. The average Bonchev–Trinajstić information content (AvgIpc) is 3.04. The van der Waals surface area contributed by atoms with E-state index in [-0.39, 0.29) is 31.3 Å². The van der Waals surface area contributed by atoms with Crippen LogP contribution in [0.15, 0.2) is 0 Å². The first kappa shape index (κ1) is 32.8. The van der Waals surface area contributed by atoms with Crippen molar-refractivity contribution < 1.29 is 44.0 Å². The summed E-state index contributed by atoms with van der Waals surface area (Å²) in [6.07, 6.45) is 7.52. The van der Waals surface area contributed by atoms with Gasteiger partial charge in [0.1, 0.15) is 0 Å². The lowest BCUT2D eigenvalue weighted by Gasteiger charge is -2.59. The Kier molecular flexibility index (Phi) is 10.4. The van der Waals surface area contributed by atoms with E-state index in [0.29, 0.717) is 143 Å². The van der Waals surface area contributed by atoms with Gasteiger partial charge >= 0.3 is 6.03 Å². The van der Waals surface area contributed by atoms with Crippen molar-refractivity contribution in [3.05, 3.63) is 0 Å². The fraction of sp³-hybridized carbons (Fsp3) is 0.968. The molecule has 0 aromatic heterocycles. The molecule has 6 saturated heterocycles. The van der Waals surface area contributed by atoms with E-state index in [9.17, 15) is 20.3 Å². The van der Waals surface area contributed by atoms with E-state index in [4.69, 9.17) is 23.7 Å². The Balaban J connectivity index is 1.26. The van der Waals surface area contributed by atoms with E-state index in [1.807, 2.05) is 4.90 Å². The molecule has 6 rings (SSSR count). The van der Waals surface area contributed by atoms with Crippen LogP contribution in [-0.4, -0.2) is 140 Å². The molecule has 0 aromatic carbocycles. The number of nitrogens with zero attached hydrogens (tertiary/aromatic N) is 3. The highest BCUT2D eigenvalue weighted by molar-refractivity contribution is 5.75. The Hall–Kier alpha value is -1.13. The Morgan fingerprint density at radius 2 is 1.07 bits per heavy atom. The van der Waals surface area contributed by atoms with E-state index < -0.39 is 22.2 Å². The van der Waals surface area contributed by atoms with E-state index in [2.05, 4.69) is 5.32 Å². The summed E-state index contributed by atoms with van der Waals surface area (Å²) in [6.45, 7) is 5.10. The highest BCUT2D eigenvalue weighted by atomic mass is 16.5. The number of amides is 2. The first-order chi connectivity index (χ1) is 21.4. The molecular formula is C31H52N4O9. The van der Waals surface area contributed by atoms with Gasteiger partial charge < -0.3 is 39.0 Å². The van der Waals surface area contributed by atoms with Crippen molar-refractivity contribution in [1.29, 1.82) is 0 Å². The summed E-state index contributed by atoms with van der Waals surface area (Å²) in [7, 11) is 0. The monoisotopic (exact) mass is 624 g/mol. The molecule has 2 radical (unpaired) electrons. The SMILES string of the molecule is [O]N1C2(CCOCC2)CC(NC(=O)N(CCOCCO)C2CC3(CCOCC3)N([O])C3(CCOCC3)C2)CC12CCOCC2. The maximum atomic E-state index is 14.4. The van der Waals surface area contributed by atoms with Gasteiger partial charge in [0.15, 0.2) is 0 Å². The van der Waals surface area contributed by atoms with Crippen LogP contribution in [0.1, 0.15) is 77.0 Å². The molecule has 44 heavy (non-hydrogen) atoms. The van der Waals surface area contributed by atoms with Crippen LogP contribution in [0.2, 0.25) is 0 Å². The number of rotatable bonds is 7. The van der Waals surface area contributed by atoms with Crippen molar-refractivity contribution >= 4 is 6.03 Å². The number of hydrogen-bond acceptors (Lipinski definition) is 9. The second kappa shape index (κ2) is 13.9. The smallest absolute Gasteiger partial charge is 0.317 e. The molecule has 13 nitrogen and oxygen atoms in total. The maximum absolute atomic E-state index is 14.4. The molecule has 6 heterocycles. The molecule has 6 fully saturated rings. The van der Waals surface area contributed by atoms with Gasteiger partial charge in [0.25, 0.3) is 0 Å². The summed E-state index contributed by atoms with van der Waals surface area (Å²) >= 11 is 0. The molecular weight excluding hydrogens is 572 g/mol. The molecule has 0 aromatic rings. The summed E-state index contributed by atoms with van der Waals surface area (Å²) in [4.78, 5) is 16.3. The summed E-state index contributed by atoms with van der Waals surface area (Å²) in [5, 5.41) is 43.7. The standard InChI is InChI=1S/C31H52N4O9/c36-10-20-44-19-9-33(26-23-30(5-15-42-16-6-30)35(39)31(24-26)7-17-43-18-8-31)27(37)32-25-21-28(1-11-40-12-2-28)34(38)29(22-25)3-13-41-14-4-29/h25-26,36H,1-24H2,(H,32,37). The van der Waals surface area contributed by atoms with Gasteiger partial charge in [-0.3, -0.25) is 0 Å². The Morgan fingerprint density at radius 1 is 0.682 bits per heavy atom. The number of piperidine rings is 2. The third-order valence-corrected chi connectivity index (χ3v) is 11.6. The van der Waals surface area contributed by atoms with Crippen LogP contribution in [0, 0.1) is 0 Å². The van der Waals surface area contributed by atoms with Gasteiger partial charge in [-0.25, -0.2) is 4.79 Å². The first-order valence-corrected chi connectivity index (χ1v) is 16.9. The number of urea groups is 1. The number of hydroxylamine groups is 4.